The molecule has 2 aromatic carbocycles. The largest absolute Gasteiger partial charge is 0.398 e. The van der Waals surface area contributed by atoms with Crippen molar-refractivity contribution in [2.45, 2.75) is 6.92 Å². The first kappa shape index (κ1) is 11.7. The van der Waals surface area contributed by atoms with E-state index in [0.717, 1.165) is 22.0 Å². The number of benzene rings is 2. The van der Waals surface area contributed by atoms with Gasteiger partial charge >= 0.3 is 0 Å². The minimum absolute atomic E-state index is 0.189. The quantitative estimate of drug-likeness (QED) is 0.712. The summed E-state index contributed by atoms with van der Waals surface area (Å²) in [5, 5.41) is 0.918. The van der Waals surface area contributed by atoms with Gasteiger partial charge in [0.15, 0.2) is 0 Å². The van der Waals surface area contributed by atoms with Crippen LogP contribution in [0.25, 0.3) is 22.0 Å². The minimum Gasteiger partial charge on any atom is -0.398 e. The Labute approximate surface area is 110 Å². The highest BCUT2D eigenvalue weighted by atomic mass is 19.1. The Bertz CT molecular complexity index is 766. The van der Waals surface area contributed by atoms with Crippen LogP contribution in [0.2, 0.25) is 0 Å². The number of pyridine rings is 1. The topological polar surface area (TPSA) is 38.9 Å². The first-order valence-electron chi connectivity index (χ1n) is 6.06. The second-order valence-electron chi connectivity index (χ2n) is 4.60. The lowest BCUT2D eigenvalue weighted by Crippen LogP contribution is -1.90. The maximum absolute atomic E-state index is 13.3. The molecular formula is C16H13FN2. The Hall–Kier alpha value is -2.42. The maximum atomic E-state index is 13.3. The van der Waals surface area contributed by atoms with Gasteiger partial charge in [-0.2, -0.15) is 0 Å². The SMILES string of the molecule is Cc1cc(-c2ccc3nccc(N)c3c2)ccc1F. The average molecular weight is 252 g/mol. The van der Waals surface area contributed by atoms with E-state index >= 15 is 0 Å². The van der Waals surface area contributed by atoms with Gasteiger partial charge in [0.2, 0.25) is 0 Å². The Morgan fingerprint density at radius 1 is 1.00 bits per heavy atom. The second-order valence-corrected chi connectivity index (χ2v) is 4.60. The van der Waals surface area contributed by atoms with Crippen molar-refractivity contribution in [2.75, 3.05) is 5.73 Å². The van der Waals surface area contributed by atoms with Crippen molar-refractivity contribution in [3.63, 3.8) is 0 Å². The first-order chi connectivity index (χ1) is 9.15. The first-order valence-corrected chi connectivity index (χ1v) is 6.06. The Balaban J connectivity index is 2.20. The van der Waals surface area contributed by atoms with Crippen LogP contribution in [0.15, 0.2) is 48.7 Å². The van der Waals surface area contributed by atoms with E-state index in [4.69, 9.17) is 5.73 Å². The van der Waals surface area contributed by atoms with E-state index < -0.39 is 0 Å². The molecule has 1 heterocycles. The molecule has 0 aliphatic heterocycles. The number of rotatable bonds is 1. The number of hydrogen-bond donors (Lipinski definition) is 1. The van der Waals surface area contributed by atoms with Crippen LogP contribution in [0.3, 0.4) is 0 Å². The summed E-state index contributed by atoms with van der Waals surface area (Å²) in [4.78, 5) is 4.27. The number of nitrogen functional groups attached to an aromatic ring is 1. The molecule has 2 N–H and O–H groups in total. The van der Waals surface area contributed by atoms with E-state index in [1.54, 1.807) is 25.3 Å². The van der Waals surface area contributed by atoms with E-state index in [-0.39, 0.29) is 5.82 Å². The molecule has 94 valence electrons. The molecule has 0 spiro atoms. The zero-order chi connectivity index (χ0) is 13.4. The third kappa shape index (κ3) is 2.03. The van der Waals surface area contributed by atoms with E-state index in [2.05, 4.69) is 4.98 Å². The van der Waals surface area contributed by atoms with Crippen molar-refractivity contribution in [3.05, 3.63) is 60.0 Å². The number of aryl methyl sites for hydroxylation is 1. The van der Waals surface area contributed by atoms with E-state index in [1.807, 2.05) is 24.3 Å². The average Bonchev–Trinajstić information content (AvgIpc) is 2.42. The molecule has 2 nitrogen and oxygen atoms in total. The van der Waals surface area contributed by atoms with Crippen molar-refractivity contribution in [1.29, 1.82) is 0 Å². The van der Waals surface area contributed by atoms with Gasteiger partial charge in [0.05, 0.1) is 5.52 Å². The van der Waals surface area contributed by atoms with Gasteiger partial charge in [0.1, 0.15) is 5.82 Å². The number of aromatic nitrogens is 1. The molecule has 0 atom stereocenters. The third-order valence-electron chi connectivity index (χ3n) is 3.27. The summed E-state index contributed by atoms with van der Waals surface area (Å²) in [6.45, 7) is 1.76. The zero-order valence-electron chi connectivity index (χ0n) is 10.5. The molecule has 0 saturated heterocycles. The fraction of sp³-hybridized carbons (Fsp3) is 0.0625. The fourth-order valence-electron chi connectivity index (χ4n) is 2.17. The molecule has 0 fully saturated rings. The molecule has 3 aromatic rings. The van der Waals surface area contributed by atoms with Crippen LogP contribution >= 0.6 is 0 Å². The van der Waals surface area contributed by atoms with Crippen LogP contribution in [-0.4, -0.2) is 4.98 Å². The van der Waals surface area contributed by atoms with Gasteiger partial charge in [-0.25, -0.2) is 4.39 Å². The molecular weight excluding hydrogens is 239 g/mol. The lowest BCUT2D eigenvalue weighted by Gasteiger charge is -2.07. The number of nitrogens with zero attached hydrogens (tertiary/aromatic N) is 1. The number of anilines is 1. The van der Waals surface area contributed by atoms with Gasteiger partial charge in [0.25, 0.3) is 0 Å². The molecule has 0 bridgehead atoms. The molecule has 1 aromatic heterocycles. The van der Waals surface area contributed by atoms with Crippen LogP contribution in [-0.2, 0) is 0 Å². The van der Waals surface area contributed by atoms with Gasteiger partial charge in [-0.05, 0) is 53.9 Å². The molecule has 3 heteroatoms. The molecule has 0 radical (unpaired) electrons. The Morgan fingerprint density at radius 2 is 1.74 bits per heavy atom. The van der Waals surface area contributed by atoms with Crippen molar-refractivity contribution < 1.29 is 4.39 Å². The summed E-state index contributed by atoms with van der Waals surface area (Å²) in [5.74, 6) is -0.189. The monoisotopic (exact) mass is 252 g/mol. The van der Waals surface area contributed by atoms with Crippen LogP contribution in [0.4, 0.5) is 10.1 Å². The van der Waals surface area contributed by atoms with Gasteiger partial charge < -0.3 is 5.73 Å². The summed E-state index contributed by atoms with van der Waals surface area (Å²) in [5.41, 5.74) is 10.1. The molecule has 0 aliphatic rings. The lowest BCUT2D eigenvalue weighted by atomic mass is 10.0. The van der Waals surface area contributed by atoms with Crippen molar-refractivity contribution in [3.8, 4) is 11.1 Å². The van der Waals surface area contributed by atoms with E-state index in [1.165, 1.54) is 6.07 Å². The van der Waals surface area contributed by atoms with Crippen LogP contribution in [0.1, 0.15) is 5.56 Å². The summed E-state index contributed by atoms with van der Waals surface area (Å²) < 4.78 is 13.3. The highest BCUT2D eigenvalue weighted by Crippen LogP contribution is 2.27. The summed E-state index contributed by atoms with van der Waals surface area (Å²) >= 11 is 0. The fourth-order valence-corrected chi connectivity index (χ4v) is 2.17. The van der Waals surface area contributed by atoms with Crippen LogP contribution in [0.5, 0.6) is 0 Å². The Morgan fingerprint density at radius 3 is 2.53 bits per heavy atom. The Kier molecular flexibility index (Phi) is 2.67. The predicted octanol–water partition coefficient (Wildman–Crippen LogP) is 3.93. The molecule has 0 unspecified atom stereocenters. The highest BCUT2D eigenvalue weighted by molar-refractivity contribution is 5.93. The summed E-state index contributed by atoms with van der Waals surface area (Å²) in [6, 6.07) is 12.8. The van der Waals surface area contributed by atoms with Crippen molar-refractivity contribution in [2.24, 2.45) is 0 Å². The highest BCUT2D eigenvalue weighted by Gasteiger charge is 2.05. The molecule has 0 aliphatic carbocycles. The number of hydrogen-bond acceptors (Lipinski definition) is 2. The second kappa shape index (κ2) is 4.35. The van der Waals surface area contributed by atoms with Crippen molar-refractivity contribution >= 4 is 16.6 Å². The van der Waals surface area contributed by atoms with Gasteiger partial charge in [-0.1, -0.05) is 12.1 Å². The number of nitrogens with two attached hydrogens (primary N) is 1. The van der Waals surface area contributed by atoms with E-state index in [9.17, 15) is 4.39 Å². The van der Waals surface area contributed by atoms with Crippen LogP contribution in [0, 0.1) is 12.7 Å². The molecule has 3 rings (SSSR count). The van der Waals surface area contributed by atoms with E-state index in [0.29, 0.717) is 11.3 Å². The lowest BCUT2D eigenvalue weighted by molar-refractivity contribution is 0.619. The zero-order valence-corrected chi connectivity index (χ0v) is 10.5. The molecule has 0 saturated carbocycles. The normalized spacial score (nSPS) is 10.8. The van der Waals surface area contributed by atoms with Crippen LogP contribution < -0.4 is 5.73 Å². The predicted molar refractivity (Wildman–Crippen MR) is 76.3 cm³/mol. The van der Waals surface area contributed by atoms with Gasteiger partial charge in [-0.3, -0.25) is 4.98 Å². The van der Waals surface area contributed by atoms with Gasteiger partial charge in [0, 0.05) is 17.3 Å². The molecule has 19 heavy (non-hydrogen) atoms. The van der Waals surface area contributed by atoms with Crippen molar-refractivity contribution in [1.82, 2.24) is 4.98 Å². The summed E-state index contributed by atoms with van der Waals surface area (Å²) in [6.07, 6.45) is 1.69. The molecule has 0 amide bonds. The number of fused-ring (bicyclic) bond motifs is 1. The van der Waals surface area contributed by atoms with Gasteiger partial charge in [-0.15, -0.1) is 0 Å². The standard InChI is InChI=1S/C16H13FN2/c1-10-8-11(2-4-14(10)17)12-3-5-16-13(9-12)15(18)6-7-19-16/h2-9H,1H3,(H2,18,19). The smallest absolute Gasteiger partial charge is 0.126 e. The number of halogens is 1. The summed E-state index contributed by atoms with van der Waals surface area (Å²) in [7, 11) is 0. The third-order valence-corrected chi connectivity index (χ3v) is 3.27. The minimum atomic E-state index is -0.189. The maximum Gasteiger partial charge on any atom is 0.126 e.